The maximum absolute atomic E-state index is 9.26. The van der Waals surface area contributed by atoms with E-state index < -0.39 is 0 Å². The lowest BCUT2D eigenvalue weighted by atomic mass is 9.87. The van der Waals surface area contributed by atoms with Crippen molar-refractivity contribution in [3.8, 4) is 6.07 Å². The molecule has 1 aromatic heterocycles. The van der Waals surface area contributed by atoms with Crippen LogP contribution >= 0.6 is 23.2 Å². The smallest absolute Gasteiger partial charge is 0.0991 e. The molecule has 0 spiro atoms. The number of nitriles is 1. The highest BCUT2D eigenvalue weighted by atomic mass is 35.5. The molecule has 0 atom stereocenters. The first-order valence-corrected chi connectivity index (χ1v) is 11.5. The molecule has 1 heterocycles. The summed E-state index contributed by atoms with van der Waals surface area (Å²) in [6.07, 6.45) is 4.72. The van der Waals surface area contributed by atoms with Crippen LogP contribution in [0.15, 0.2) is 85.1 Å². The molecule has 158 valence electrons. The molecule has 3 aromatic carbocycles. The van der Waals surface area contributed by atoms with Gasteiger partial charge in [-0.1, -0.05) is 54.1 Å². The van der Waals surface area contributed by atoms with E-state index in [2.05, 4.69) is 30.3 Å². The van der Waals surface area contributed by atoms with E-state index in [1.54, 1.807) is 0 Å². The summed E-state index contributed by atoms with van der Waals surface area (Å²) in [4.78, 5) is 4.72. The second-order valence-electron chi connectivity index (χ2n) is 7.61. The second-order valence-corrected chi connectivity index (χ2v) is 8.43. The van der Waals surface area contributed by atoms with Gasteiger partial charge >= 0.3 is 0 Å². The Labute approximate surface area is 198 Å². The van der Waals surface area contributed by atoms with E-state index in [1.165, 1.54) is 5.57 Å². The van der Waals surface area contributed by atoms with Crippen molar-refractivity contribution in [2.45, 2.75) is 19.3 Å². The SMILES string of the molecule is N#Cc1ccc(/C(=C(\CCCCCl)c2ccc(Cl)cc2)c2cnc3ccccc3c2)cc1. The largest absolute Gasteiger partial charge is 0.256 e. The average Bonchev–Trinajstić information content (AvgIpc) is 2.84. The summed E-state index contributed by atoms with van der Waals surface area (Å²) in [6.45, 7) is 0. The average molecular weight is 457 g/mol. The number of halogens is 2. The number of nitrogens with zero attached hydrogens (tertiary/aromatic N) is 2. The molecule has 0 N–H and O–H groups in total. The van der Waals surface area contributed by atoms with Gasteiger partial charge in [-0.05, 0) is 77.9 Å². The molecular weight excluding hydrogens is 435 g/mol. The third-order valence-corrected chi connectivity index (χ3v) is 6.01. The number of para-hydroxylation sites is 1. The number of unbranched alkanes of at least 4 members (excludes halogenated alkanes) is 1. The summed E-state index contributed by atoms with van der Waals surface area (Å²) in [5.74, 6) is 0.637. The molecule has 0 radical (unpaired) electrons. The predicted octanol–water partition coefficient (Wildman–Crippen LogP) is 8.13. The normalized spacial score (nSPS) is 11.8. The lowest BCUT2D eigenvalue weighted by molar-refractivity contribution is 0.830. The summed E-state index contributed by atoms with van der Waals surface area (Å²) >= 11 is 12.2. The molecule has 32 heavy (non-hydrogen) atoms. The minimum atomic E-state index is 0.637. The fraction of sp³-hybridized carbons (Fsp3) is 0.143. The van der Waals surface area contributed by atoms with Crippen LogP contribution in [0.25, 0.3) is 22.0 Å². The summed E-state index contributed by atoms with van der Waals surface area (Å²) < 4.78 is 0. The number of fused-ring (bicyclic) bond motifs is 1. The van der Waals surface area contributed by atoms with Gasteiger partial charge in [-0.2, -0.15) is 5.26 Å². The lowest BCUT2D eigenvalue weighted by Crippen LogP contribution is -1.98. The highest BCUT2D eigenvalue weighted by Crippen LogP contribution is 2.36. The van der Waals surface area contributed by atoms with E-state index in [0.717, 1.165) is 52.4 Å². The minimum Gasteiger partial charge on any atom is -0.256 e. The van der Waals surface area contributed by atoms with E-state index in [1.807, 2.05) is 60.8 Å². The summed E-state index contributed by atoms with van der Waals surface area (Å²) in [6, 6.07) is 28.3. The Kier molecular flexibility index (Phi) is 7.22. The Morgan fingerprint density at radius 2 is 1.56 bits per heavy atom. The van der Waals surface area contributed by atoms with Gasteiger partial charge in [0.2, 0.25) is 0 Å². The van der Waals surface area contributed by atoms with Crippen molar-refractivity contribution in [3.05, 3.63) is 112 Å². The number of hydrogen-bond donors (Lipinski definition) is 0. The summed E-state index contributed by atoms with van der Waals surface area (Å²) in [5.41, 5.74) is 7.15. The van der Waals surface area contributed by atoms with Crippen LogP contribution in [0.3, 0.4) is 0 Å². The highest BCUT2D eigenvalue weighted by molar-refractivity contribution is 6.30. The van der Waals surface area contributed by atoms with E-state index in [4.69, 9.17) is 28.2 Å². The Hall–Kier alpha value is -3.12. The number of benzene rings is 3. The number of hydrogen-bond acceptors (Lipinski definition) is 2. The van der Waals surface area contributed by atoms with Crippen LogP contribution in [0.4, 0.5) is 0 Å². The van der Waals surface area contributed by atoms with Crippen LogP contribution in [-0.4, -0.2) is 10.9 Å². The molecule has 0 fully saturated rings. The van der Waals surface area contributed by atoms with Crippen LogP contribution in [0.5, 0.6) is 0 Å². The quantitative estimate of drug-likeness (QED) is 0.160. The van der Waals surface area contributed by atoms with Crippen LogP contribution in [-0.2, 0) is 0 Å². The summed E-state index contributed by atoms with van der Waals surface area (Å²) in [5, 5.41) is 11.1. The van der Waals surface area contributed by atoms with Gasteiger partial charge in [0, 0.05) is 28.0 Å². The molecule has 4 rings (SSSR count). The molecule has 0 saturated carbocycles. The molecule has 0 aliphatic carbocycles. The molecule has 2 nitrogen and oxygen atoms in total. The van der Waals surface area contributed by atoms with Crippen molar-refractivity contribution in [3.63, 3.8) is 0 Å². The molecule has 0 aliphatic heterocycles. The molecule has 0 aliphatic rings. The summed E-state index contributed by atoms with van der Waals surface area (Å²) in [7, 11) is 0. The first kappa shape index (κ1) is 22.1. The van der Waals surface area contributed by atoms with Crippen molar-refractivity contribution in [2.75, 3.05) is 5.88 Å². The van der Waals surface area contributed by atoms with Crippen molar-refractivity contribution in [1.29, 1.82) is 5.26 Å². The molecular formula is C28H22Cl2N2. The maximum Gasteiger partial charge on any atom is 0.0991 e. The molecule has 0 saturated heterocycles. The van der Waals surface area contributed by atoms with Crippen molar-refractivity contribution in [2.24, 2.45) is 0 Å². The van der Waals surface area contributed by atoms with E-state index >= 15 is 0 Å². The Morgan fingerprint density at radius 1 is 0.844 bits per heavy atom. The Bertz CT molecular complexity index is 1280. The second kappa shape index (κ2) is 10.5. The molecule has 0 bridgehead atoms. The number of allylic oxidation sites excluding steroid dienone is 1. The van der Waals surface area contributed by atoms with Gasteiger partial charge in [-0.3, -0.25) is 4.98 Å². The monoisotopic (exact) mass is 456 g/mol. The molecule has 0 unspecified atom stereocenters. The minimum absolute atomic E-state index is 0.637. The van der Waals surface area contributed by atoms with Crippen molar-refractivity contribution < 1.29 is 0 Å². The molecule has 4 aromatic rings. The van der Waals surface area contributed by atoms with Crippen LogP contribution in [0.1, 0.15) is 41.5 Å². The van der Waals surface area contributed by atoms with Crippen molar-refractivity contribution in [1.82, 2.24) is 4.98 Å². The Balaban J connectivity index is 1.96. The third-order valence-electron chi connectivity index (χ3n) is 5.49. The lowest BCUT2D eigenvalue weighted by Gasteiger charge is -2.18. The van der Waals surface area contributed by atoms with Gasteiger partial charge in [-0.15, -0.1) is 11.6 Å². The Morgan fingerprint density at radius 3 is 2.28 bits per heavy atom. The van der Waals surface area contributed by atoms with Gasteiger partial charge in [0.1, 0.15) is 0 Å². The molecule has 0 amide bonds. The van der Waals surface area contributed by atoms with Gasteiger partial charge in [0.15, 0.2) is 0 Å². The first-order chi connectivity index (χ1) is 15.7. The third kappa shape index (κ3) is 5.02. The topological polar surface area (TPSA) is 36.7 Å². The predicted molar refractivity (Wildman–Crippen MR) is 135 cm³/mol. The standard InChI is InChI=1S/C28H22Cl2N2/c29-16-4-3-6-26(21-12-14-25(30)15-13-21)28(22-10-8-20(18-31)9-11-22)24-17-23-5-1-2-7-27(23)32-19-24/h1-2,5,7-15,17,19H,3-4,6,16H2/b28-26-. The zero-order valence-corrected chi connectivity index (χ0v) is 19.1. The van der Waals surface area contributed by atoms with E-state index in [9.17, 15) is 5.26 Å². The highest BCUT2D eigenvalue weighted by Gasteiger charge is 2.15. The zero-order valence-electron chi connectivity index (χ0n) is 17.6. The number of aromatic nitrogens is 1. The van der Waals surface area contributed by atoms with Gasteiger partial charge < -0.3 is 0 Å². The zero-order chi connectivity index (χ0) is 22.3. The first-order valence-electron chi connectivity index (χ1n) is 10.6. The van der Waals surface area contributed by atoms with Gasteiger partial charge in [-0.25, -0.2) is 0 Å². The molecule has 4 heteroatoms. The number of pyridine rings is 1. The van der Waals surface area contributed by atoms with Gasteiger partial charge in [0.05, 0.1) is 17.1 Å². The van der Waals surface area contributed by atoms with Crippen molar-refractivity contribution >= 4 is 45.3 Å². The number of rotatable bonds is 7. The van der Waals surface area contributed by atoms with Crippen LogP contribution in [0.2, 0.25) is 5.02 Å². The fourth-order valence-electron chi connectivity index (χ4n) is 3.90. The fourth-order valence-corrected chi connectivity index (χ4v) is 4.21. The van der Waals surface area contributed by atoms with E-state index in [0.29, 0.717) is 16.5 Å². The number of alkyl halides is 1. The van der Waals surface area contributed by atoms with Crippen LogP contribution < -0.4 is 0 Å². The maximum atomic E-state index is 9.26. The van der Waals surface area contributed by atoms with Crippen LogP contribution in [0, 0.1) is 11.3 Å². The van der Waals surface area contributed by atoms with E-state index in [-0.39, 0.29) is 0 Å². The van der Waals surface area contributed by atoms with Gasteiger partial charge in [0.25, 0.3) is 0 Å².